The summed E-state index contributed by atoms with van der Waals surface area (Å²) in [6.45, 7) is 1.85. The van der Waals surface area contributed by atoms with Crippen LogP contribution in [0.3, 0.4) is 0 Å². The number of benzene rings is 1. The number of aryl methyl sites for hydroxylation is 1. The third-order valence-corrected chi connectivity index (χ3v) is 2.93. The second kappa shape index (κ2) is 6.73. The van der Waals surface area contributed by atoms with E-state index in [1.165, 1.54) is 17.7 Å². The Balaban J connectivity index is 2.46. The van der Waals surface area contributed by atoms with Gasteiger partial charge in [-0.05, 0) is 18.6 Å². The zero-order valence-corrected chi connectivity index (χ0v) is 12.0. The molecule has 0 fully saturated rings. The lowest BCUT2D eigenvalue weighted by Crippen LogP contribution is -2.23. The van der Waals surface area contributed by atoms with Crippen LogP contribution in [0.25, 0.3) is 0 Å². The number of ether oxygens (including phenoxy) is 1. The normalized spacial score (nSPS) is 9.86. The van der Waals surface area contributed by atoms with Crippen LogP contribution in [0.1, 0.15) is 16.8 Å². The fraction of sp³-hybridized carbons (Fsp3) is 0.250. The molecule has 21 heavy (non-hydrogen) atoms. The molecule has 0 aliphatic heterocycles. The van der Waals surface area contributed by atoms with E-state index in [2.05, 4.69) is 16.8 Å². The Morgan fingerprint density at radius 2 is 2.14 bits per heavy atom. The summed E-state index contributed by atoms with van der Waals surface area (Å²) < 4.78 is 6.63. The molecule has 0 radical (unpaired) electrons. The van der Waals surface area contributed by atoms with Gasteiger partial charge in [0.1, 0.15) is 6.61 Å². The van der Waals surface area contributed by atoms with E-state index in [0.29, 0.717) is 12.2 Å². The van der Waals surface area contributed by atoms with Gasteiger partial charge < -0.3 is 9.84 Å². The van der Waals surface area contributed by atoms with Gasteiger partial charge >= 0.3 is 0 Å². The minimum absolute atomic E-state index is 0.177. The molecule has 0 bridgehead atoms. The third-order valence-electron chi connectivity index (χ3n) is 2.93. The van der Waals surface area contributed by atoms with E-state index in [1.807, 2.05) is 24.3 Å². The quantitative estimate of drug-likeness (QED) is 0.852. The van der Waals surface area contributed by atoms with Crippen LogP contribution in [0.2, 0.25) is 0 Å². The second-order valence-corrected chi connectivity index (χ2v) is 4.43. The van der Waals surface area contributed by atoms with Crippen LogP contribution < -0.4 is 10.3 Å². The summed E-state index contributed by atoms with van der Waals surface area (Å²) in [4.78, 5) is 16.3. The van der Waals surface area contributed by atoms with Crippen LogP contribution in [0.5, 0.6) is 6.01 Å². The Morgan fingerprint density at radius 1 is 1.38 bits per heavy atom. The first-order valence-corrected chi connectivity index (χ1v) is 6.46. The van der Waals surface area contributed by atoms with E-state index in [4.69, 9.17) is 9.84 Å². The van der Waals surface area contributed by atoms with Crippen LogP contribution in [0.4, 0.5) is 0 Å². The lowest BCUT2D eigenvalue weighted by Gasteiger charge is -2.12. The molecule has 1 aromatic carbocycles. The second-order valence-electron chi connectivity index (χ2n) is 4.43. The van der Waals surface area contributed by atoms with Crippen LogP contribution in [-0.4, -0.2) is 28.4 Å². The molecule has 5 nitrogen and oxygen atoms in total. The summed E-state index contributed by atoms with van der Waals surface area (Å²) in [6, 6.07) is 9.19. The predicted octanol–water partition coefficient (Wildman–Crippen LogP) is 0.952. The Labute approximate surface area is 122 Å². The number of hydrogen-bond acceptors (Lipinski definition) is 4. The molecule has 2 rings (SSSR count). The summed E-state index contributed by atoms with van der Waals surface area (Å²) in [7, 11) is 1.48. The van der Waals surface area contributed by atoms with Crippen molar-refractivity contribution in [1.29, 1.82) is 0 Å². The van der Waals surface area contributed by atoms with Gasteiger partial charge in [0.15, 0.2) is 0 Å². The van der Waals surface area contributed by atoms with Crippen LogP contribution in [0, 0.1) is 18.8 Å². The van der Waals surface area contributed by atoms with Crippen LogP contribution in [-0.2, 0) is 6.54 Å². The number of aliphatic hydroxyl groups is 1. The third kappa shape index (κ3) is 3.50. The molecule has 0 aliphatic rings. The Morgan fingerprint density at radius 3 is 2.86 bits per heavy atom. The minimum atomic E-state index is -0.205. The molecule has 0 amide bonds. The van der Waals surface area contributed by atoms with Gasteiger partial charge in [0.05, 0.1) is 13.7 Å². The number of nitrogens with zero attached hydrogens (tertiary/aromatic N) is 2. The SMILES string of the molecule is COc1nc(C)cc(=O)n1Cc1ccccc1C#CCO. The van der Waals surface area contributed by atoms with Gasteiger partial charge in [-0.2, -0.15) is 0 Å². The van der Waals surface area contributed by atoms with Gasteiger partial charge in [-0.15, -0.1) is 0 Å². The highest BCUT2D eigenvalue weighted by molar-refractivity contribution is 5.41. The van der Waals surface area contributed by atoms with Crippen molar-refractivity contribution in [3.63, 3.8) is 0 Å². The van der Waals surface area contributed by atoms with Gasteiger partial charge in [-0.1, -0.05) is 30.0 Å². The average Bonchev–Trinajstić information content (AvgIpc) is 2.48. The lowest BCUT2D eigenvalue weighted by atomic mass is 10.1. The molecule has 0 spiro atoms. The lowest BCUT2D eigenvalue weighted by molar-refractivity contribution is 0.349. The number of aliphatic hydroxyl groups excluding tert-OH is 1. The van der Waals surface area contributed by atoms with Gasteiger partial charge in [-0.3, -0.25) is 9.36 Å². The van der Waals surface area contributed by atoms with Gasteiger partial charge in [0, 0.05) is 17.3 Å². The molecule has 1 aromatic heterocycles. The molecule has 5 heteroatoms. The monoisotopic (exact) mass is 284 g/mol. The Bertz CT molecular complexity index is 754. The molecular weight excluding hydrogens is 268 g/mol. The first kappa shape index (κ1) is 14.8. The van der Waals surface area contributed by atoms with E-state index in [1.54, 1.807) is 6.92 Å². The predicted molar refractivity (Wildman–Crippen MR) is 79.3 cm³/mol. The fourth-order valence-electron chi connectivity index (χ4n) is 1.98. The van der Waals surface area contributed by atoms with Crippen molar-refractivity contribution < 1.29 is 9.84 Å². The van der Waals surface area contributed by atoms with Crippen LogP contribution >= 0.6 is 0 Å². The van der Waals surface area contributed by atoms with Crippen molar-refractivity contribution >= 4 is 0 Å². The first-order valence-electron chi connectivity index (χ1n) is 6.46. The Kier molecular flexibility index (Phi) is 4.75. The zero-order chi connectivity index (χ0) is 15.2. The molecule has 1 N–H and O–H groups in total. The summed E-state index contributed by atoms with van der Waals surface area (Å²) in [5.41, 5.74) is 2.07. The highest BCUT2D eigenvalue weighted by Gasteiger charge is 2.09. The summed E-state index contributed by atoms with van der Waals surface area (Å²) in [6.07, 6.45) is 0. The standard InChI is InChI=1S/C16H16N2O3/c1-12-10-15(20)18(16(17-12)21-2)11-14-7-4-3-6-13(14)8-5-9-19/h3-4,6-7,10,19H,9,11H2,1-2H3. The maximum absolute atomic E-state index is 12.1. The molecule has 0 unspecified atom stereocenters. The molecule has 0 saturated carbocycles. The smallest absolute Gasteiger partial charge is 0.299 e. The molecule has 108 valence electrons. The van der Waals surface area contributed by atoms with Crippen molar-refractivity contribution in [3.05, 3.63) is 57.5 Å². The maximum atomic E-state index is 12.1. The van der Waals surface area contributed by atoms with Crippen LogP contribution in [0.15, 0.2) is 35.1 Å². The van der Waals surface area contributed by atoms with Crippen molar-refractivity contribution in [2.75, 3.05) is 13.7 Å². The molecule has 2 aromatic rings. The van der Waals surface area contributed by atoms with Crippen molar-refractivity contribution in [3.8, 4) is 17.9 Å². The van der Waals surface area contributed by atoms with E-state index >= 15 is 0 Å². The summed E-state index contributed by atoms with van der Waals surface area (Å²) >= 11 is 0. The largest absolute Gasteiger partial charge is 0.468 e. The molecule has 0 atom stereocenters. The minimum Gasteiger partial charge on any atom is -0.468 e. The maximum Gasteiger partial charge on any atom is 0.299 e. The van der Waals surface area contributed by atoms with Gasteiger partial charge in [-0.25, -0.2) is 4.98 Å². The van der Waals surface area contributed by atoms with Gasteiger partial charge in [0.2, 0.25) is 0 Å². The highest BCUT2D eigenvalue weighted by atomic mass is 16.5. The molecule has 0 saturated heterocycles. The summed E-state index contributed by atoms with van der Waals surface area (Å²) in [5.74, 6) is 5.49. The van der Waals surface area contributed by atoms with Crippen molar-refractivity contribution in [1.82, 2.24) is 9.55 Å². The van der Waals surface area contributed by atoms with E-state index < -0.39 is 0 Å². The summed E-state index contributed by atoms with van der Waals surface area (Å²) in [5, 5.41) is 8.81. The van der Waals surface area contributed by atoms with Crippen molar-refractivity contribution in [2.24, 2.45) is 0 Å². The van der Waals surface area contributed by atoms with E-state index in [0.717, 1.165) is 11.1 Å². The topological polar surface area (TPSA) is 64.3 Å². The highest BCUT2D eigenvalue weighted by Crippen LogP contribution is 2.12. The fourth-order valence-corrected chi connectivity index (χ4v) is 1.98. The zero-order valence-electron chi connectivity index (χ0n) is 12.0. The Hall–Kier alpha value is -2.58. The van der Waals surface area contributed by atoms with Crippen molar-refractivity contribution in [2.45, 2.75) is 13.5 Å². The van der Waals surface area contributed by atoms with Gasteiger partial charge in [0.25, 0.3) is 11.6 Å². The van der Waals surface area contributed by atoms with E-state index in [-0.39, 0.29) is 18.2 Å². The molecule has 1 heterocycles. The molecular formula is C16H16N2O3. The molecule has 0 aliphatic carbocycles. The number of aromatic nitrogens is 2. The first-order chi connectivity index (χ1) is 10.2. The number of methoxy groups -OCH3 is 1. The average molecular weight is 284 g/mol. The number of rotatable bonds is 3. The van der Waals surface area contributed by atoms with E-state index in [9.17, 15) is 4.79 Å². The number of hydrogen-bond donors (Lipinski definition) is 1.